The van der Waals surface area contributed by atoms with Gasteiger partial charge in [-0.3, -0.25) is 0 Å². The van der Waals surface area contributed by atoms with E-state index in [1.807, 2.05) is 48.5 Å². The minimum Gasteiger partial charge on any atom is -0.507 e. The smallest absolute Gasteiger partial charge is 0.163 e. The predicted molar refractivity (Wildman–Crippen MR) is 104 cm³/mol. The van der Waals surface area contributed by atoms with Crippen molar-refractivity contribution in [2.75, 3.05) is 7.11 Å². The van der Waals surface area contributed by atoms with Crippen molar-refractivity contribution < 1.29 is 9.84 Å². The van der Waals surface area contributed by atoms with Crippen LogP contribution in [0.1, 0.15) is 0 Å². The number of aromatic hydroxyl groups is 1. The Kier molecular flexibility index (Phi) is 4.49. The molecule has 0 aliphatic carbocycles. The van der Waals surface area contributed by atoms with E-state index in [2.05, 4.69) is 27.1 Å². The summed E-state index contributed by atoms with van der Waals surface area (Å²) in [6.07, 6.45) is 2.93. The average molecular weight is 355 g/mol. The SMILES string of the molecule is COc1ccc(-c2cc(-c3ccccc3)ccc2-c2ncncn2)c(O)c1. The Morgan fingerprint density at radius 1 is 0.741 bits per heavy atom. The van der Waals surface area contributed by atoms with Gasteiger partial charge in [-0.15, -0.1) is 0 Å². The summed E-state index contributed by atoms with van der Waals surface area (Å²) in [5.41, 5.74) is 4.47. The summed E-state index contributed by atoms with van der Waals surface area (Å²) in [7, 11) is 1.57. The van der Waals surface area contributed by atoms with Gasteiger partial charge in [0.1, 0.15) is 24.2 Å². The van der Waals surface area contributed by atoms with Crippen LogP contribution in [0.5, 0.6) is 11.5 Å². The highest BCUT2D eigenvalue weighted by molar-refractivity contribution is 5.87. The lowest BCUT2D eigenvalue weighted by molar-refractivity contribution is 0.408. The maximum Gasteiger partial charge on any atom is 0.163 e. The van der Waals surface area contributed by atoms with E-state index in [1.165, 1.54) is 12.7 Å². The Morgan fingerprint density at radius 2 is 1.48 bits per heavy atom. The van der Waals surface area contributed by atoms with E-state index in [9.17, 15) is 5.11 Å². The van der Waals surface area contributed by atoms with Crippen molar-refractivity contribution in [2.24, 2.45) is 0 Å². The van der Waals surface area contributed by atoms with Crippen molar-refractivity contribution in [1.82, 2.24) is 15.0 Å². The molecule has 0 bridgehead atoms. The summed E-state index contributed by atoms with van der Waals surface area (Å²) in [6.45, 7) is 0. The minimum absolute atomic E-state index is 0.134. The van der Waals surface area contributed by atoms with Crippen LogP contribution >= 0.6 is 0 Å². The molecule has 132 valence electrons. The van der Waals surface area contributed by atoms with Crippen LogP contribution in [-0.2, 0) is 0 Å². The van der Waals surface area contributed by atoms with Crippen LogP contribution in [-0.4, -0.2) is 27.2 Å². The fourth-order valence-corrected chi connectivity index (χ4v) is 3.02. The van der Waals surface area contributed by atoms with Crippen molar-refractivity contribution in [3.05, 3.63) is 79.4 Å². The van der Waals surface area contributed by atoms with E-state index in [0.29, 0.717) is 17.1 Å². The van der Waals surface area contributed by atoms with Crippen molar-refractivity contribution in [3.63, 3.8) is 0 Å². The molecule has 1 heterocycles. The normalized spacial score (nSPS) is 10.6. The van der Waals surface area contributed by atoms with Gasteiger partial charge in [0.15, 0.2) is 5.82 Å². The molecule has 0 atom stereocenters. The summed E-state index contributed by atoms with van der Waals surface area (Å²) in [5, 5.41) is 10.6. The van der Waals surface area contributed by atoms with Gasteiger partial charge in [-0.25, -0.2) is 15.0 Å². The fourth-order valence-electron chi connectivity index (χ4n) is 3.02. The van der Waals surface area contributed by atoms with Gasteiger partial charge in [0.25, 0.3) is 0 Å². The van der Waals surface area contributed by atoms with Crippen molar-refractivity contribution in [3.8, 4) is 45.1 Å². The number of phenols is 1. The van der Waals surface area contributed by atoms with Gasteiger partial charge in [-0.2, -0.15) is 0 Å². The number of hydrogen-bond acceptors (Lipinski definition) is 5. The highest BCUT2D eigenvalue weighted by atomic mass is 16.5. The van der Waals surface area contributed by atoms with E-state index in [1.54, 1.807) is 13.2 Å². The minimum atomic E-state index is 0.134. The molecule has 0 aliphatic heterocycles. The Morgan fingerprint density at radius 3 is 2.19 bits per heavy atom. The van der Waals surface area contributed by atoms with E-state index in [4.69, 9.17) is 4.74 Å². The topological polar surface area (TPSA) is 68.1 Å². The number of hydrogen-bond donors (Lipinski definition) is 1. The molecular weight excluding hydrogens is 338 g/mol. The second kappa shape index (κ2) is 7.25. The summed E-state index contributed by atoms with van der Waals surface area (Å²) in [4.78, 5) is 12.4. The number of ether oxygens (including phenoxy) is 1. The second-order valence-electron chi connectivity index (χ2n) is 5.97. The van der Waals surface area contributed by atoms with E-state index in [-0.39, 0.29) is 5.75 Å². The zero-order valence-electron chi connectivity index (χ0n) is 14.7. The molecule has 3 aromatic carbocycles. The Hall–Kier alpha value is -3.73. The van der Waals surface area contributed by atoms with Crippen molar-refractivity contribution in [1.29, 1.82) is 0 Å². The van der Waals surface area contributed by atoms with Crippen molar-refractivity contribution in [2.45, 2.75) is 0 Å². The maximum atomic E-state index is 10.6. The van der Waals surface area contributed by atoms with Crippen LogP contribution in [0.4, 0.5) is 0 Å². The van der Waals surface area contributed by atoms with Gasteiger partial charge in [0.05, 0.1) is 7.11 Å². The molecule has 1 aromatic heterocycles. The van der Waals surface area contributed by atoms with Crippen LogP contribution in [0.25, 0.3) is 33.6 Å². The molecule has 0 radical (unpaired) electrons. The summed E-state index contributed by atoms with van der Waals surface area (Å²) >= 11 is 0. The Bertz CT molecular complexity index is 1070. The molecule has 0 aliphatic rings. The lowest BCUT2D eigenvalue weighted by atomic mass is 9.93. The third-order valence-electron chi connectivity index (χ3n) is 4.36. The zero-order valence-corrected chi connectivity index (χ0v) is 14.7. The monoisotopic (exact) mass is 355 g/mol. The molecule has 0 fully saturated rings. The molecule has 5 heteroatoms. The van der Waals surface area contributed by atoms with E-state index < -0.39 is 0 Å². The van der Waals surface area contributed by atoms with Gasteiger partial charge < -0.3 is 9.84 Å². The number of nitrogens with zero attached hydrogens (tertiary/aromatic N) is 3. The third-order valence-corrected chi connectivity index (χ3v) is 4.36. The summed E-state index contributed by atoms with van der Waals surface area (Å²) in [6, 6.07) is 21.4. The maximum absolute atomic E-state index is 10.6. The highest BCUT2D eigenvalue weighted by Gasteiger charge is 2.15. The van der Waals surface area contributed by atoms with Crippen LogP contribution in [0.2, 0.25) is 0 Å². The van der Waals surface area contributed by atoms with E-state index >= 15 is 0 Å². The molecule has 0 amide bonds. The van der Waals surface area contributed by atoms with Crippen LogP contribution in [0.3, 0.4) is 0 Å². The molecule has 0 saturated carbocycles. The van der Waals surface area contributed by atoms with Gasteiger partial charge >= 0.3 is 0 Å². The van der Waals surface area contributed by atoms with Crippen molar-refractivity contribution >= 4 is 0 Å². The number of phenolic OH excluding ortho intramolecular Hbond substituents is 1. The summed E-state index contributed by atoms with van der Waals surface area (Å²) < 4.78 is 5.20. The number of aromatic nitrogens is 3. The first kappa shape index (κ1) is 16.7. The number of methoxy groups -OCH3 is 1. The molecule has 0 unspecified atom stereocenters. The Labute approximate surface area is 157 Å². The number of benzene rings is 3. The standard InChI is InChI=1S/C22H17N3O2/c1-27-17-8-10-18(21(26)12-17)20-11-16(15-5-3-2-4-6-15)7-9-19(20)22-24-13-23-14-25-22/h2-14,26H,1H3. The quantitative estimate of drug-likeness (QED) is 0.580. The lowest BCUT2D eigenvalue weighted by Crippen LogP contribution is -1.94. The third kappa shape index (κ3) is 3.35. The van der Waals surface area contributed by atoms with Gasteiger partial charge in [0.2, 0.25) is 0 Å². The van der Waals surface area contributed by atoms with Crippen LogP contribution in [0.15, 0.2) is 79.4 Å². The molecule has 27 heavy (non-hydrogen) atoms. The van der Waals surface area contributed by atoms with Gasteiger partial charge in [0, 0.05) is 17.2 Å². The first-order valence-corrected chi connectivity index (χ1v) is 8.45. The highest BCUT2D eigenvalue weighted by Crippen LogP contribution is 2.39. The second-order valence-corrected chi connectivity index (χ2v) is 5.97. The average Bonchev–Trinajstić information content (AvgIpc) is 2.74. The molecule has 0 saturated heterocycles. The molecular formula is C22H17N3O2. The largest absolute Gasteiger partial charge is 0.507 e. The predicted octanol–water partition coefficient (Wildman–Crippen LogP) is 4.59. The fraction of sp³-hybridized carbons (Fsp3) is 0.0455. The zero-order chi connectivity index (χ0) is 18.6. The molecule has 4 rings (SSSR count). The summed E-state index contributed by atoms with van der Waals surface area (Å²) in [5.74, 6) is 1.28. The van der Waals surface area contributed by atoms with E-state index in [0.717, 1.165) is 22.3 Å². The Balaban J connectivity index is 1.93. The first-order valence-electron chi connectivity index (χ1n) is 8.45. The van der Waals surface area contributed by atoms with Gasteiger partial charge in [-0.05, 0) is 41.0 Å². The molecule has 0 spiro atoms. The molecule has 1 N–H and O–H groups in total. The first-order chi connectivity index (χ1) is 13.3. The van der Waals surface area contributed by atoms with Crippen LogP contribution < -0.4 is 4.74 Å². The lowest BCUT2D eigenvalue weighted by Gasteiger charge is -2.13. The van der Waals surface area contributed by atoms with Gasteiger partial charge in [-0.1, -0.05) is 36.4 Å². The van der Waals surface area contributed by atoms with Crippen LogP contribution in [0, 0.1) is 0 Å². The number of rotatable bonds is 4. The molecule has 4 aromatic rings. The molecule has 5 nitrogen and oxygen atoms in total.